The molecular weight excluding hydrogens is 310 g/mol. The third kappa shape index (κ3) is 2.83. The van der Waals surface area contributed by atoms with Crippen molar-refractivity contribution < 1.29 is 23.8 Å². The lowest BCUT2D eigenvalue weighted by atomic mass is 9.58. The predicted molar refractivity (Wildman–Crippen MR) is 89.1 cm³/mol. The zero-order valence-corrected chi connectivity index (χ0v) is 15.1. The highest BCUT2D eigenvalue weighted by atomic mass is 16.5. The molecule has 2 rings (SSSR count). The second-order valence-electron chi connectivity index (χ2n) is 6.62. The highest BCUT2D eigenvalue weighted by molar-refractivity contribution is 5.97. The van der Waals surface area contributed by atoms with Gasteiger partial charge in [-0.3, -0.25) is 9.59 Å². The van der Waals surface area contributed by atoms with Crippen LogP contribution in [0, 0.1) is 12.3 Å². The van der Waals surface area contributed by atoms with Crippen LogP contribution in [-0.4, -0.2) is 48.2 Å². The number of carboxylic acids is 1. The van der Waals surface area contributed by atoms with Crippen molar-refractivity contribution in [2.75, 3.05) is 14.2 Å². The summed E-state index contributed by atoms with van der Waals surface area (Å²) in [6, 6.07) is 0.0805. The van der Waals surface area contributed by atoms with Crippen molar-refractivity contribution in [2.24, 2.45) is 5.41 Å². The zero-order chi connectivity index (χ0) is 18.1. The van der Waals surface area contributed by atoms with Crippen molar-refractivity contribution in [3.63, 3.8) is 0 Å². The van der Waals surface area contributed by atoms with Crippen molar-refractivity contribution in [3.8, 4) is 0 Å². The Morgan fingerprint density at radius 3 is 2.54 bits per heavy atom. The SMILES string of the molecule is CCC1(CC)C(OC)CC1N(C)C(=O)c1c(C)coc1CC(=O)O. The number of carboxylic acid groups (broad SMARTS) is 1. The number of rotatable bonds is 7. The Morgan fingerprint density at radius 2 is 2.04 bits per heavy atom. The molecule has 1 aliphatic rings. The van der Waals surface area contributed by atoms with Crippen LogP contribution in [0.1, 0.15) is 54.8 Å². The molecule has 1 fully saturated rings. The Kier molecular flexibility index (Phi) is 5.38. The van der Waals surface area contributed by atoms with Gasteiger partial charge in [0.1, 0.15) is 12.2 Å². The normalized spacial score (nSPS) is 22.0. The first kappa shape index (κ1) is 18.5. The first-order valence-electron chi connectivity index (χ1n) is 8.41. The van der Waals surface area contributed by atoms with Crippen LogP contribution in [0.15, 0.2) is 10.7 Å². The molecule has 0 spiro atoms. The molecule has 0 bridgehead atoms. The Morgan fingerprint density at radius 1 is 1.42 bits per heavy atom. The van der Waals surface area contributed by atoms with Crippen LogP contribution in [-0.2, 0) is 16.0 Å². The minimum Gasteiger partial charge on any atom is -0.481 e. The van der Waals surface area contributed by atoms with E-state index >= 15 is 0 Å². The average Bonchev–Trinajstić information content (AvgIpc) is 2.87. The first-order chi connectivity index (χ1) is 11.3. The summed E-state index contributed by atoms with van der Waals surface area (Å²) in [6.45, 7) is 6.01. The average molecular weight is 337 g/mol. The molecule has 2 unspecified atom stereocenters. The molecule has 6 nitrogen and oxygen atoms in total. The highest BCUT2D eigenvalue weighted by Gasteiger charge is 2.55. The van der Waals surface area contributed by atoms with Gasteiger partial charge in [-0.15, -0.1) is 0 Å². The van der Waals surface area contributed by atoms with Gasteiger partial charge in [-0.05, 0) is 26.2 Å². The molecule has 0 aromatic carbocycles. The lowest BCUT2D eigenvalue weighted by Crippen LogP contribution is -2.64. The topological polar surface area (TPSA) is 80.0 Å². The standard InChI is InChI=1S/C18H27NO5/c1-6-18(7-2)13(9-14(18)23-5)19(4)17(22)16-11(3)10-24-12(16)8-15(20)21/h10,13-14H,6-9H2,1-5H3,(H,20,21). The van der Waals surface area contributed by atoms with E-state index in [1.54, 1.807) is 26.0 Å². The number of hydrogen-bond donors (Lipinski definition) is 1. The minimum absolute atomic E-state index is 0.0518. The van der Waals surface area contributed by atoms with E-state index in [-0.39, 0.29) is 35.6 Å². The van der Waals surface area contributed by atoms with Gasteiger partial charge in [0.05, 0.1) is 17.9 Å². The van der Waals surface area contributed by atoms with Crippen LogP contribution in [0.3, 0.4) is 0 Å². The number of amides is 1. The Labute approximate surface area is 142 Å². The maximum absolute atomic E-state index is 13.0. The molecule has 24 heavy (non-hydrogen) atoms. The van der Waals surface area contributed by atoms with Gasteiger partial charge in [0.15, 0.2) is 0 Å². The lowest BCUT2D eigenvalue weighted by molar-refractivity contribution is -0.147. The van der Waals surface area contributed by atoms with Gasteiger partial charge in [0.25, 0.3) is 5.91 Å². The number of hydrogen-bond acceptors (Lipinski definition) is 4. The quantitative estimate of drug-likeness (QED) is 0.827. The number of aliphatic carboxylic acids is 1. The summed E-state index contributed by atoms with van der Waals surface area (Å²) in [6.07, 6.45) is 3.96. The number of aryl methyl sites for hydroxylation is 1. The fourth-order valence-electron chi connectivity index (χ4n) is 4.15. The molecule has 0 saturated heterocycles. The fraction of sp³-hybridized carbons (Fsp3) is 0.667. The number of carbonyl (C=O) groups is 2. The van der Waals surface area contributed by atoms with Gasteiger partial charge >= 0.3 is 5.97 Å². The van der Waals surface area contributed by atoms with Crippen LogP contribution >= 0.6 is 0 Å². The molecular formula is C18H27NO5. The molecule has 1 aromatic rings. The maximum atomic E-state index is 13.0. The maximum Gasteiger partial charge on any atom is 0.311 e. The summed E-state index contributed by atoms with van der Waals surface area (Å²) < 4.78 is 10.9. The Balaban J connectivity index is 2.28. The van der Waals surface area contributed by atoms with E-state index < -0.39 is 5.97 Å². The lowest BCUT2D eigenvalue weighted by Gasteiger charge is -2.57. The van der Waals surface area contributed by atoms with Gasteiger partial charge in [0.2, 0.25) is 0 Å². The summed E-state index contributed by atoms with van der Waals surface area (Å²) in [4.78, 5) is 25.8. The molecule has 6 heteroatoms. The first-order valence-corrected chi connectivity index (χ1v) is 8.41. The number of carbonyl (C=O) groups excluding carboxylic acids is 1. The second kappa shape index (κ2) is 6.97. The van der Waals surface area contributed by atoms with Crippen LogP contribution in [0.5, 0.6) is 0 Å². The van der Waals surface area contributed by atoms with E-state index in [1.807, 2.05) is 0 Å². The third-order valence-electron chi connectivity index (χ3n) is 5.71. The van der Waals surface area contributed by atoms with Crippen molar-refractivity contribution in [3.05, 3.63) is 23.2 Å². The van der Waals surface area contributed by atoms with Gasteiger partial charge < -0.3 is 19.2 Å². The number of furan rings is 1. The Bertz CT molecular complexity index is 617. The summed E-state index contributed by atoms with van der Waals surface area (Å²) in [5.74, 6) is -0.970. The van der Waals surface area contributed by atoms with E-state index in [2.05, 4.69) is 13.8 Å². The van der Waals surface area contributed by atoms with Gasteiger partial charge in [0, 0.05) is 31.2 Å². The molecule has 1 heterocycles. The molecule has 1 saturated carbocycles. The van der Waals surface area contributed by atoms with Crippen molar-refractivity contribution in [2.45, 2.75) is 58.6 Å². The van der Waals surface area contributed by atoms with E-state index in [4.69, 9.17) is 14.3 Å². The highest BCUT2D eigenvalue weighted by Crippen LogP contribution is 2.51. The van der Waals surface area contributed by atoms with Crippen molar-refractivity contribution in [1.29, 1.82) is 0 Å². The molecule has 1 amide bonds. The van der Waals surface area contributed by atoms with Crippen LogP contribution in [0.2, 0.25) is 0 Å². The largest absolute Gasteiger partial charge is 0.481 e. The predicted octanol–water partition coefficient (Wildman–Crippen LogP) is 2.88. The van der Waals surface area contributed by atoms with Crippen LogP contribution < -0.4 is 0 Å². The molecule has 1 aliphatic carbocycles. The fourth-order valence-corrected chi connectivity index (χ4v) is 4.15. The minimum atomic E-state index is -1.01. The monoisotopic (exact) mass is 337 g/mol. The molecule has 134 valence electrons. The molecule has 0 aliphatic heterocycles. The Hall–Kier alpha value is -1.82. The van der Waals surface area contributed by atoms with E-state index in [0.29, 0.717) is 11.1 Å². The van der Waals surface area contributed by atoms with Crippen LogP contribution in [0.4, 0.5) is 0 Å². The number of nitrogens with zero attached hydrogens (tertiary/aromatic N) is 1. The van der Waals surface area contributed by atoms with Gasteiger partial charge in [-0.2, -0.15) is 0 Å². The summed E-state index contributed by atoms with van der Waals surface area (Å²) in [5, 5.41) is 9.01. The number of ether oxygens (including phenoxy) is 1. The summed E-state index contributed by atoms with van der Waals surface area (Å²) in [7, 11) is 3.50. The van der Waals surface area contributed by atoms with Gasteiger partial charge in [-0.25, -0.2) is 0 Å². The smallest absolute Gasteiger partial charge is 0.311 e. The molecule has 2 atom stereocenters. The van der Waals surface area contributed by atoms with Crippen molar-refractivity contribution >= 4 is 11.9 Å². The van der Waals surface area contributed by atoms with E-state index in [0.717, 1.165) is 19.3 Å². The second-order valence-corrected chi connectivity index (χ2v) is 6.62. The zero-order valence-electron chi connectivity index (χ0n) is 15.1. The molecule has 0 radical (unpaired) electrons. The van der Waals surface area contributed by atoms with E-state index in [1.165, 1.54) is 6.26 Å². The van der Waals surface area contributed by atoms with E-state index in [9.17, 15) is 9.59 Å². The van der Waals surface area contributed by atoms with Crippen molar-refractivity contribution in [1.82, 2.24) is 4.90 Å². The summed E-state index contributed by atoms with van der Waals surface area (Å²) in [5.41, 5.74) is 0.996. The van der Waals surface area contributed by atoms with Gasteiger partial charge in [-0.1, -0.05) is 13.8 Å². The number of methoxy groups -OCH3 is 1. The molecule has 1 N–H and O–H groups in total. The molecule has 1 aromatic heterocycles. The summed E-state index contributed by atoms with van der Waals surface area (Å²) >= 11 is 0. The third-order valence-corrected chi connectivity index (χ3v) is 5.71. The van der Waals surface area contributed by atoms with Crippen LogP contribution in [0.25, 0.3) is 0 Å².